The molecule has 0 bridgehead atoms. The molecule has 0 aromatic carbocycles. The van der Waals surface area contributed by atoms with Crippen LogP contribution in [0.15, 0.2) is 0 Å². The first kappa shape index (κ1) is 16.3. The zero-order valence-electron chi connectivity index (χ0n) is 13.4. The predicted molar refractivity (Wildman–Crippen MR) is 82.8 cm³/mol. The van der Waals surface area contributed by atoms with Gasteiger partial charge in [-0.05, 0) is 38.6 Å². The number of likely N-dealkylation sites (tertiary alicyclic amines) is 2. The number of hydrogen-bond donors (Lipinski definition) is 1. The van der Waals surface area contributed by atoms with Gasteiger partial charge in [-0.3, -0.25) is 9.59 Å². The Morgan fingerprint density at radius 3 is 2.62 bits per heavy atom. The van der Waals surface area contributed by atoms with Crippen LogP contribution in [-0.4, -0.2) is 61.4 Å². The quantitative estimate of drug-likeness (QED) is 0.826. The van der Waals surface area contributed by atoms with Gasteiger partial charge < -0.3 is 15.1 Å². The van der Waals surface area contributed by atoms with E-state index in [1.165, 1.54) is 0 Å². The number of rotatable bonds is 5. The minimum atomic E-state index is 0.0511. The van der Waals surface area contributed by atoms with Crippen LogP contribution >= 0.6 is 0 Å². The van der Waals surface area contributed by atoms with Crippen LogP contribution in [0.3, 0.4) is 0 Å². The summed E-state index contributed by atoms with van der Waals surface area (Å²) in [5, 5.41) is 3.06. The summed E-state index contributed by atoms with van der Waals surface area (Å²) in [6.45, 7) is 6.24. The molecule has 0 aromatic rings. The Balaban J connectivity index is 1.75. The highest BCUT2D eigenvalue weighted by Crippen LogP contribution is 2.22. The molecular weight excluding hydrogens is 266 g/mol. The van der Waals surface area contributed by atoms with Crippen LogP contribution < -0.4 is 5.32 Å². The number of carbonyl (C=O) groups excluding carboxylic acids is 2. The Labute approximate surface area is 128 Å². The fourth-order valence-electron chi connectivity index (χ4n) is 3.41. The van der Waals surface area contributed by atoms with E-state index >= 15 is 0 Å². The molecule has 1 atom stereocenters. The molecule has 0 aromatic heterocycles. The molecule has 2 aliphatic rings. The van der Waals surface area contributed by atoms with Gasteiger partial charge in [-0.1, -0.05) is 6.92 Å². The van der Waals surface area contributed by atoms with Gasteiger partial charge in [0.1, 0.15) is 0 Å². The number of hydrogen-bond acceptors (Lipinski definition) is 3. The maximum absolute atomic E-state index is 12.3. The van der Waals surface area contributed by atoms with Crippen LogP contribution in [0.4, 0.5) is 0 Å². The summed E-state index contributed by atoms with van der Waals surface area (Å²) in [5.41, 5.74) is 0. The zero-order chi connectivity index (χ0) is 15.2. The van der Waals surface area contributed by atoms with Crippen molar-refractivity contribution in [3.63, 3.8) is 0 Å². The second-order valence-corrected chi connectivity index (χ2v) is 6.52. The van der Waals surface area contributed by atoms with E-state index in [9.17, 15) is 9.59 Å². The van der Waals surface area contributed by atoms with Crippen molar-refractivity contribution in [3.8, 4) is 0 Å². The van der Waals surface area contributed by atoms with Gasteiger partial charge in [-0.15, -0.1) is 0 Å². The Hall–Kier alpha value is -1.10. The summed E-state index contributed by atoms with van der Waals surface area (Å²) in [7, 11) is 1.88. The predicted octanol–water partition coefficient (Wildman–Crippen LogP) is 1.09. The monoisotopic (exact) mass is 295 g/mol. The van der Waals surface area contributed by atoms with E-state index in [1.807, 2.05) is 23.8 Å². The van der Waals surface area contributed by atoms with Crippen molar-refractivity contribution >= 4 is 11.8 Å². The topological polar surface area (TPSA) is 52.7 Å². The van der Waals surface area contributed by atoms with Crippen LogP contribution in [0.5, 0.6) is 0 Å². The molecule has 0 spiro atoms. The Morgan fingerprint density at radius 2 is 2.00 bits per heavy atom. The van der Waals surface area contributed by atoms with Gasteiger partial charge in [0.25, 0.3) is 0 Å². The molecule has 1 unspecified atom stereocenters. The number of nitrogens with one attached hydrogen (secondary N) is 1. The molecule has 2 saturated heterocycles. The lowest BCUT2D eigenvalue weighted by Crippen LogP contribution is -2.46. The lowest BCUT2D eigenvalue weighted by molar-refractivity contribution is -0.138. The third kappa shape index (κ3) is 4.43. The van der Waals surface area contributed by atoms with E-state index in [2.05, 4.69) is 5.32 Å². The highest BCUT2D eigenvalue weighted by Gasteiger charge is 2.28. The zero-order valence-corrected chi connectivity index (χ0v) is 13.4. The average Bonchev–Trinajstić information content (AvgIpc) is 2.50. The van der Waals surface area contributed by atoms with Crippen LogP contribution in [0, 0.1) is 11.8 Å². The van der Waals surface area contributed by atoms with Gasteiger partial charge in [0, 0.05) is 45.1 Å². The van der Waals surface area contributed by atoms with Crippen molar-refractivity contribution in [2.24, 2.45) is 11.8 Å². The highest BCUT2D eigenvalue weighted by molar-refractivity contribution is 5.79. The van der Waals surface area contributed by atoms with Gasteiger partial charge in [0.15, 0.2) is 0 Å². The summed E-state index contributed by atoms with van der Waals surface area (Å²) in [6, 6.07) is 0. The molecule has 2 rings (SSSR count). The first-order valence-electron chi connectivity index (χ1n) is 8.33. The van der Waals surface area contributed by atoms with Crippen molar-refractivity contribution in [1.82, 2.24) is 15.1 Å². The molecule has 5 heteroatoms. The van der Waals surface area contributed by atoms with E-state index in [0.29, 0.717) is 11.8 Å². The molecule has 2 aliphatic heterocycles. The average molecular weight is 295 g/mol. The summed E-state index contributed by atoms with van der Waals surface area (Å²) >= 11 is 0. The van der Waals surface area contributed by atoms with E-state index in [0.717, 1.165) is 64.8 Å². The molecule has 0 radical (unpaired) electrons. The fraction of sp³-hybridized carbons (Fsp3) is 0.875. The minimum Gasteiger partial charge on any atom is -0.342 e. The Bertz CT molecular complexity index is 365. The van der Waals surface area contributed by atoms with E-state index in [4.69, 9.17) is 0 Å². The van der Waals surface area contributed by atoms with Crippen molar-refractivity contribution in [2.75, 3.05) is 39.8 Å². The molecule has 2 amide bonds. The molecule has 21 heavy (non-hydrogen) atoms. The SMILES string of the molecule is CNCC(C)C(=O)N1CCC(CN2CCCCC2=O)CC1. The second kappa shape index (κ2) is 7.78. The molecule has 0 saturated carbocycles. The van der Waals surface area contributed by atoms with E-state index in [1.54, 1.807) is 0 Å². The standard InChI is InChI=1S/C16H29N3O2/c1-13(11-17-2)16(21)18-9-6-14(7-10-18)12-19-8-4-3-5-15(19)20/h13-14,17H,3-12H2,1-2H3. The molecule has 2 fully saturated rings. The number of piperidine rings is 2. The van der Waals surface area contributed by atoms with Gasteiger partial charge in [0.05, 0.1) is 0 Å². The highest BCUT2D eigenvalue weighted by atomic mass is 16.2. The van der Waals surface area contributed by atoms with Crippen molar-refractivity contribution in [3.05, 3.63) is 0 Å². The molecule has 1 N–H and O–H groups in total. The molecule has 0 aliphatic carbocycles. The maximum atomic E-state index is 12.3. The number of nitrogens with zero attached hydrogens (tertiary/aromatic N) is 2. The summed E-state index contributed by atoms with van der Waals surface area (Å²) in [5.74, 6) is 1.20. The van der Waals surface area contributed by atoms with Crippen LogP contribution in [0.1, 0.15) is 39.0 Å². The Morgan fingerprint density at radius 1 is 1.29 bits per heavy atom. The largest absolute Gasteiger partial charge is 0.342 e. The van der Waals surface area contributed by atoms with E-state index in [-0.39, 0.29) is 11.8 Å². The lowest BCUT2D eigenvalue weighted by Gasteiger charge is -2.37. The lowest BCUT2D eigenvalue weighted by atomic mass is 9.94. The molecule has 5 nitrogen and oxygen atoms in total. The van der Waals surface area contributed by atoms with Crippen LogP contribution in [-0.2, 0) is 9.59 Å². The first-order chi connectivity index (χ1) is 10.1. The van der Waals surface area contributed by atoms with Gasteiger partial charge in [0.2, 0.25) is 11.8 Å². The van der Waals surface area contributed by atoms with Crippen LogP contribution in [0.25, 0.3) is 0 Å². The van der Waals surface area contributed by atoms with E-state index < -0.39 is 0 Å². The Kier molecular flexibility index (Phi) is 6.03. The third-order valence-electron chi connectivity index (χ3n) is 4.76. The second-order valence-electron chi connectivity index (χ2n) is 6.52. The van der Waals surface area contributed by atoms with Crippen molar-refractivity contribution < 1.29 is 9.59 Å². The third-order valence-corrected chi connectivity index (χ3v) is 4.76. The van der Waals surface area contributed by atoms with Gasteiger partial charge in [-0.2, -0.15) is 0 Å². The van der Waals surface area contributed by atoms with Gasteiger partial charge in [-0.25, -0.2) is 0 Å². The number of amides is 2. The first-order valence-corrected chi connectivity index (χ1v) is 8.33. The van der Waals surface area contributed by atoms with Crippen molar-refractivity contribution in [1.29, 1.82) is 0 Å². The molecular formula is C16H29N3O2. The number of carbonyl (C=O) groups is 2. The minimum absolute atomic E-state index is 0.0511. The normalized spacial score (nSPS) is 22.5. The molecule has 120 valence electrons. The smallest absolute Gasteiger partial charge is 0.226 e. The van der Waals surface area contributed by atoms with Gasteiger partial charge >= 0.3 is 0 Å². The van der Waals surface area contributed by atoms with Crippen molar-refractivity contribution in [2.45, 2.75) is 39.0 Å². The van der Waals surface area contributed by atoms with Crippen LogP contribution in [0.2, 0.25) is 0 Å². The summed E-state index contributed by atoms with van der Waals surface area (Å²) < 4.78 is 0. The maximum Gasteiger partial charge on any atom is 0.226 e. The summed E-state index contributed by atoms with van der Waals surface area (Å²) in [4.78, 5) is 28.1. The summed E-state index contributed by atoms with van der Waals surface area (Å²) in [6.07, 6.45) is 4.97. The fourth-order valence-corrected chi connectivity index (χ4v) is 3.41. The molecule has 2 heterocycles.